The second-order valence-corrected chi connectivity index (χ2v) is 3.58. The molecule has 0 aliphatic heterocycles. The van der Waals surface area contributed by atoms with E-state index in [0.29, 0.717) is 6.42 Å². The van der Waals surface area contributed by atoms with Gasteiger partial charge in [0, 0.05) is 6.42 Å². The zero-order valence-corrected chi connectivity index (χ0v) is 8.80. The summed E-state index contributed by atoms with van der Waals surface area (Å²) in [5.74, 6) is -3.53. The van der Waals surface area contributed by atoms with E-state index in [-0.39, 0.29) is 6.42 Å². The number of nitrogens with zero attached hydrogens (tertiary/aromatic N) is 2. The van der Waals surface area contributed by atoms with E-state index >= 15 is 0 Å². The summed E-state index contributed by atoms with van der Waals surface area (Å²) in [6.45, 7) is 2.09. The highest BCUT2D eigenvalue weighted by molar-refractivity contribution is 4.90. The summed E-state index contributed by atoms with van der Waals surface area (Å²) in [4.78, 5) is 3.25. The summed E-state index contributed by atoms with van der Waals surface area (Å²) in [5, 5.41) is 3.11. The molecular formula is C10H15F2N2O. The Labute approximate surface area is 87.9 Å². The topological polar surface area (TPSA) is 38.9 Å². The lowest BCUT2D eigenvalue weighted by atomic mass is 10.1. The number of unbranched alkanes of at least 4 members (excludes halogenated alkanes) is 4. The molecule has 0 unspecified atom stereocenters. The van der Waals surface area contributed by atoms with Crippen molar-refractivity contribution in [2.75, 3.05) is 0 Å². The first kappa shape index (κ1) is 12.1. The maximum atomic E-state index is 13.3. The van der Waals surface area contributed by atoms with E-state index in [0.717, 1.165) is 25.7 Å². The van der Waals surface area contributed by atoms with Gasteiger partial charge in [0.05, 0.1) is 0 Å². The Morgan fingerprint density at radius 2 is 2.00 bits per heavy atom. The molecule has 0 saturated heterocycles. The fourth-order valence-electron chi connectivity index (χ4n) is 1.36. The number of alkyl halides is 2. The van der Waals surface area contributed by atoms with E-state index in [1.54, 1.807) is 0 Å². The van der Waals surface area contributed by atoms with Crippen molar-refractivity contribution in [2.45, 2.75) is 51.4 Å². The Bertz CT molecular complexity index is 262. The van der Waals surface area contributed by atoms with Crippen molar-refractivity contribution in [2.24, 2.45) is 0 Å². The third-order valence-corrected chi connectivity index (χ3v) is 2.25. The molecule has 0 N–H and O–H groups in total. The van der Waals surface area contributed by atoms with E-state index in [4.69, 9.17) is 0 Å². The standard InChI is InChI=1S/C10H15F2N2O/c1-2-3-4-5-6-7-10(11,12)9-13-8-15-14-9/h2-7H2,1H3. The summed E-state index contributed by atoms with van der Waals surface area (Å²) in [5.41, 5.74) is 0. The number of hydrogen-bond acceptors (Lipinski definition) is 3. The van der Waals surface area contributed by atoms with Crippen LogP contribution >= 0.6 is 0 Å². The van der Waals surface area contributed by atoms with Gasteiger partial charge in [-0.3, -0.25) is 0 Å². The van der Waals surface area contributed by atoms with E-state index in [2.05, 4.69) is 21.6 Å². The molecule has 1 rings (SSSR count). The van der Waals surface area contributed by atoms with Gasteiger partial charge in [0.15, 0.2) is 0 Å². The predicted octanol–water partition coefficient (Wildman–Crippen LogP) is 3.32. The van der Waals surface area contributed by atoms with Crippen molar-refractivity contribution in [3.05, 3.63) is 12.2 Å². The smallest absolute Gasteiger partial charge is 0.316 e. The molecule has 1 radical (unpaired) electrons. The third kappa shape index (κ3) is 3.93. The van der Waals surface area contributed by atoms with E-state index < -0.39 is 11.7 Å². The highest BCUT2D eigenvalue weighted by Crippen LogP contribution is 2.30. The summed E-state index contributed by atoms with van der Waals surface area (Å²) in [6, 6.07) is 0. The van der Waals surface area contributed by atoms with Crippen LogP contribution in [0.25, 0.3) is 0 Å². The van der Waals surface area contributed by atoms with Crippen LogP contribution in [0.15, 0.2) is 4.52 Å². The van der Waals surface area contributed by atoms with E-state index in [1.165, 1.54) is 0 Å². The average Bonchev–Trinajstić information content (AvgIpc) is 2.70. The Kier molecular flexibility index (Phi) is 4.65. The molecule has 0 amide bonds. The Morgan fingerprint density at radius 1 is 1.27 bits per heavy atom. The normalized spacial score (nSPS) is 11.9. The molecule has 0 aromatic carbocycles. The summed E-state index contributed by atoms with van der Waals surface area (Å²) >= 11 is 0. The van der Waals surface area contributed by atoms with Crippen molar-refractivity contribution in [1.82, 2.24) is 10.1 Å². The van der Waals surface area contributed by atoms with Gasteiger partial charge in [0.25, 0.3) is 0 Å². The average molecular weight is 217 g/mol. The lowest BCUT2D eigenvalue weighted by Crippen LogP contribution is -2.15. The van der Waals surface area contributed by atoms with Crippen LogP contribution in [0.4, 0.5) is 8.78 Å². The molecule has 1 aromatic rings. The Hall–Kier alpha value is -1.00. The molecular weight excluding hydrogens is 202 g/mol. The fraction of sp³-hybridized carbons (Fsp3) is 0.800. The van der Waals surface area contributed by atoms with Gasteiger partial charge in [-0.1, -0.05) is 37.8 Å². The van der Waals surface area contributed by atoms with Gasteiger partial charge < -0.3 is 4.52 Å². The molecule has 1 aromatic heterocycles. The molecule has 0 aliphatic rings. The first-order valence-corrected chi connectivity index (χ1v) is 5.25. The number of aromatic nitrogens is 2. The summed E-state index contributed by atoms with van der Waals surface area (Å²) < 4.78 is 30.8. The molecule has 0 atom stereocenters. The van der Waals surface area contributed by atoms with Crippen molar-refractivity contribution < 1.29 is 13.3 Å². The van der Waals surface area contributed by atoms with Crippen LogP contribution < -0.4 is 0 Å². The number of halogens is 2. The lowest BCUT2D eigenvalue weighted by Gasteiger charge is -2.11. The van der Waals surface area contributed by atoms with Crippen molar-refractivity contribution in [3.8, 4) is 0 Å². The quantitative estimate of drug-likeness (QED) is 0.657. The minimum Gasteiger partial charge on any atom is -0.328 e. The van der Waals surface area contributed by atoms with Crippen LogP contribution in [0.5, 0.6) is 0 Å². The van der Waals surface area contributed by atoms with Gasteiger partial charge in [0.2, 0.25) is 5.82 Å². The molecule has 1 heterocycles. The highest BCUT2D eigenvalue weighted by atomic mass is 19.3. The van der Waals surface area contributed by atoms with Crippen LogP contribution in [-0.2, 0) is 5.92 Å². The van der Waals surface area contributed by atoms with Crippen LogP contribution in [0.2, 0.25) is 0 Å². The van der Waals surface area contributed by atoms with Crippen LogP contribution in [0.3, 0.4) is 0 Å². The molecule has 0 bridgehead atoms. The molecule has 0 aliphatic carbocycles. The SMILES string of the molecule is CCCCCCCC(F)(F)c1n[c]on1. The molecule has 0 spiro atoms. The maximum Gasteiger partial charge on any atom is 0.316 e. The van der Waals surface area contributed by atoms with Gasteiger partial charge in [-0.25, -0.2) is 0 Å². The monoisotopic (exact) mass is 217 g/mol. The van der Waals surface area contributed by atoms with Gasteiger partial charge in [-0.15, -0.1) is 0 Å². The van der Waals surface area contributed by atoms with Gasteiger partial charge >= 0.3 is 12.3 Å². The van der Waals surface area contributed by atoms with Crippen molar-refractivity contribution >= 4 is 0 Å². The largest absolute Gasteiger partial charge is 0.328 e. The van der Waals surface area contributed by atoms with E-state index in [9.17, 15) is 8.78 Å². The maximum absolute atomic E-state index is 13.3. The Balaban J connectivity index is 2.25. The zero-order valence-electron chi connectivity index (χ0n) is 8.80. The summed E-state index contributed by atoms with van der Waals surface area (Å²) in [7, 11) is 0. The van der Waals surface area contributed by atoms with Crippen molar-refractivity contribution in [3.63, 3.8) is 0 Å². The predicted molar refractivity (Wildman–Crippen MR) is 50.4 cm³/mol. The van der Waals surface area contributed by atoms with Crippen molar-refractivity contribution in [1.29, 1.82) is 0 Å². The molecule has 0 fully saturated rings. The second-order valence-electron chi connectivity index (χ2n) is 3.58. The molecule has 85 valence electrons. The Morgan fingerprint density at radius 3 is 2.60 bits per heavy atom. The zero-order chi connectivity index (χ0) is 11.1. The third-order valence-electron chi connectivity index (χ3n) is 2.25. The highest BCUT2D eigenvalue weighted by Gasteiger charge is 2.35. The first-order chi connectivity index (χ1) is 7.17. The van der Waals surface area contributed by atoms with Crippen LogP contribution in [0.1, 0.15) is 51.3 Å². The van der Waals surface area contributed by atoms with Gasteiger partial charge in [-0.2, -0.15) is 13.8 Å². The number of rotatable bonds is 7. The first-order valence-electron chi connectivity index (χ1n) is 5.25. The molecule has 5 heteroatoms. The van der Waals surface area contributed by atoms with Crippen LogP contribution in [-0.4, -0.2) is 10.1 Å². The molecule has 15 heavy (non-hydrogen) atoms. The second kappa shape index (κ2) is 5.78. The van der Waals surface area contributed by atoms with Crippen LogP contribution in [0, 0.1) is 6.39 Å². The minimum absolute atomic E-state index is 0.218. The molecule has 3 nitrogen and oxygen atoms in total. The minimum atomic E-state index is -2.98. The summed E-state index contributed by atoms with van der Waals surface area (Å²) in [6.07, 6.45) is 6.24. The lowest BCUT2D eigenvalue weighted by molar-refractivity contribution is -0.0266. The van der Waals surface area contributed by atoms with E-state index in [1.807, 2.05) is 6.39 Å². The van der Waals surface area contributed by atoms with Gasteiger partial charge in [0.1, 0.15) is 0 Å². The van der Waals surface area contributed by atoms with Gasteiger partial charge in [-0.05, 0) is 6.42 Å². The molecule has 0 saturated carbocycles. The number of hydrogen-bond donors (Lipinski definition) is 0. The fourth-order valence-corrected chi connectivity index (χ4v) is 1.36.